The molecule has 136 valence electrons. The molecule has 0 unspecified atom stereocenters. The summed E-state index contributed by atoms with van der Waals surface area (Å²) in [4.78, 5) is 28.0. The van der Waals surface area contributed by atoms with Gasteiger partial charge in [-0.1, -0.05) is 19.1 Å². The molecule has 0 bridgehead atoms. The van der Waals surface area contributed by atoms with Crippen LogP contribution >= 0.6 is 0 Å². The number of carbonyl (C=O) groups is 2. The maximum atomic E-state index is 12.5. The number of aromatic nitrogens is 1. The molecular formula is C22H21N3O2. The highest BCUT2D eigenvalue weighted by atomic mass is 16.1. The second-order valence-corrected chi connectivity index (χ2v) is 6.23. The van der Waals surface area contributed by atoms with Crippen molar-refractivity contribution >= 4 is 28.8 Å². The number of ketones is 1. The first-order chi connectivity index (χ1) is 13.0. The molecule has 1 aromatic heterocycles. The minimum absolute atomic E-state index is 0.0221. The van der Waals surface area contributed by atoms with Gasteiger partial charge in [0.15, 0.2) is 5.78 Å². The van der Waals surface area contributed by atoms with Gasteiger partial charge in [0, 0.05) is 23.1 Å². The molecule has 5 nitrogen and oxygen atoms in total. The number of carbonyl (C=O) groups excluding carboxylic acids is 2. The zero-order valence-corrected chi connectivity index (χ0v) is 15.3. The largest absolute Gasteiger partial charge is 0.354 e. The topological polar surface area (TPSA) is 71.1 Å². The first-order valence-corrected chi connectivity index (χ1v) is 8.78. The smallest absolute Gasteiger partial charge is 0.257 e. The summed E-state index contributed by atoms with van der Waals surface area (Å²) in [5.41, 5.74) is 4.59. The minimum Gasteiger partial charge on any atom is -0.354 e. The molecule has 3 aromatic rings. The first-order valence-electron chi connectivity index (χ1n) is 8.78. The Morgan fingerprint density at radius 3 is 2.15 bits per heavy atom. The number of amides is 1. The van der Waals surface area contributed by atoms with Crippen LogP contribution in [-0.2, 0) is 6.42 Å². The molecule has 2 aromatic carbocycles. The van der Waals surface area contributed by atoms with E-state index in [0.29, 0.717) is 16.8 Å². The van der Waals surface area contributed by atoms with Crippen LogP contribution in [0, 0.1) is 0 Å². The molecular weight excluding hydrogens is 338 g/mol. The second kappa shape index (κ2) is 8.27. The van der Waals surface area contributed by atoms with Gasteiger partial charge in [0.05, 0.1) is 17.4 Å². The maximum absolute atomic E-state index is 12.5. The molecule has 1 heterocycles. The predicted octanol–water partition coefficient (Wildman–Crippen LogP) is 4.84. The van der Waals surface area contributed by atoms with E-state index in [1.807, 2.05) is 36.4 Å². The number of aryl methyl sites for hydroxylation is 1. The van der Waals surface area contributed by atoms with Gasteiger partial charge in [-0.3, -0.25) is 14.6 Å². The molecule has 0 aliphatic rings. The van der Waals surface area contributed by atoms with Crippen molar-refractivity contribution < 1.29 is 9.59 Å². The average molecular weight is 359 g/mol. The molecule has 1 amide bonds. The van der Waals surface area contributed by atoms with Crippen LogP contribution < -0.4 is 10.6 Å². The molecule has 0 spiro atoms. The Bertz CT molecular complexity index is 948. The van der Waals surface area contributed by atoms with Crippen LogP contribution in [0.3, 0.4) is 0 Å². The summed E-state index contributed by atoms with van der Waals surface area (Å²) in [5, 5.41) is 6.07. The number of pyridine rings is 1. The van der Waals surface area contributed by atoms with E-state index in [9.17, 15) is 9.59 Å². The highest BCUT2D eigenvalue weighted by Crippen LogP contribution is 2.18. The number of anilines is 3. The maximum Gasteiger partial charge on any atom is 0.257 e. The summed E-state index contributed by atoms with van der Waals surface area (Å²) < 4.78 is 0. The van der Waals surface area contributed by atoms with Gasteiger partial charge < -0.3 is 10.6 Å². The Morgan fingerprint density at radius 1 is 0.852 bits per heavy atom. The van der Waals surface area contributed by atoms with Gasteiger partial charge in [0.1, 0.15) is 0 Å². The monoisotopic (exact) mass is 359 g/mol. The zero-order valence-electron chi connectivity index (χ0n) is 15.3. The summed E-state index contributed by atoms with van der Waals surface area (Å²) in [6.45, 7) is 3.62. The first kappa shape index (κ1) is 18.3. The van der Waals surface area contributed by atoms with Crippen molar-refractivity contribution in [1.29, 1.82) is 0 Å². The quantitative estimate of drug-likeness (QED) is 0.618. The molecule has 0 saturated heterocycles. The summed E-state index contributed by atoms with van der Waals surface area (Å²) in [7, 11) is 0. The van der Waals surface area contributed by atoms with E-state index in [-0.39, 0.29) is 11.7 Å². The van der Waals surface area contributed by atoms with Crippen molar-refractivity contribution in [3.63, 3.8) is 0 Å². The number of benzene rings is 2. The standard InChI is InChI=1S/C22H21N3O2/c1-3-16-4-8-20(9-5-16)25-22(27)18-12-21(14-23-13-18)24-19-10-6-17(7-11-19)15(2)26/h4-14,24H,3H2,1-2H3,(H,25,27). The van der Waals surface area contributed by atoms with Gasteiger partial charge in [-0.05, 0) is 61.4 Å². The van der Waals surface area contributed by atoms with Crippen molar-refractivity contribution in [1.82, 2.24) is 4.98 Å². The highest BCUT2D eigenvalue weighted by molar-refractivity contribution is 6.04. The molecule has 0 aliphatic carbocycles. The average Bonchev–Trinajstić information content (AvgIpc) is 2.69. The molecule has 3 rings (SSSR count). The number of nitrogens with one attached hydrogen (secondary N) is 2. The van der Waals surface area contributed by atoms with Crippen LogP contribution in [0.1, 0.15) is 40.1 Å². The minimum atomic E-state index is -0.220. The summed E-state index contributed by atoms with van der Waals surface area (Å²) >= 11 is 0. The van der Waals surface area contributed by atoms with E-state index in [4.69, 9.17) is 0 Å². The van der Waals surface area contributed by atoms with Crippen LogP contribution in [0.15, 0.2) is 67.0 Å². The molecule has 0 aliphatic heterocycles. The van der Waals surface area contributed by atoms with Crippen molar-refractivity contribution in [2.24, 2.45) is 0 Å². The van der Waals surface area contributed by atoms with Crippen LogP contribution in [0.5, 0.6) is 0 Å². The Balaban J connectivity index is 1.70. The summed E-state index contributed by atoms with van der Waals surface area (Å²) in [6.07, 6.45) is 4.13. The molecule has 0 fully saturated rings. The lowest BCUT2D eigenvalue weighted by molar-refractivity contribution is 0.101. The van der Waals surface area contributed by atoms with Gasteiger partial charge in [-0.25, -0.2) is 0 Å². The lowest BCUT2D eigenvalue weighted by Gasteiger charge is -2.09. The van der Waals surface area contributed by atoms with Gasteiger partial charge in [0.2, 0.25) is 0 Å². The number of Topliss-reactive ketones (excluding diaryl/α,β-unsaturated/α-hetero) is 1. The molecule has 0 atom stereocenters. The third-order valence-corrected chi connectivity index (χ3v) is 4.20. The fraction of sp³-hybridized carbons (Fsp3) is 0.136. The van der Waals surface area contributed by atoms with Crippen LogP contribution in [0.4, 0.5) is 17.1 Å². The van der Waals surface area contributed by atoms with Gasteiger partial charge >= 0.3 is 0 Å². The Hall–Kier alpha value is -3.47. The van der Waals surface area contributed by atoms with Gasteiger partial charge in [0.25, 0.3) is 5.91 Å². The molecule has 2 N–H and O–H groups in total. The second-order valence-electron chi connectivity index (χ2n) is 6.23. The Kier molecular flexibility index (Phi) is 5.61. The fourth-order valence-corrected chi connectivity index (χ4v) is 2.61. The van der Waals surface area contributed by atoms with Crippen LogP contribution in [-0.4, -0.2) is 16.7 Å². The Morgan fingerprint density at radius 2 is 1.52 bits per heavy atom. The van der Waals surface area contributed by atoms with Gasteiger partial charge in [-0.2, -0.15) is 0 Å². The van der Waals surface area contributed by atoms with Crippen LogP contribution in [0.25, 0.3) is 0 Å². The number of rotatable bonds is 6. The number of hydrogen-bond donors (Lipinski definition) is 2. The zero-order chi connectivity index (χ0) is 19.2. The van der Waals surface area contributed by atoms with Crippen LogP contribution in [0.2, 0.25) is 0 Å². The summed E-state index contributed by atoms with van der Waals surface area (Å²) in [6, 6.07) is 16.7. The fourth-order valence-electron chi connectivity index (χ4n) is 2.61. The third kappa shape index (κ3) is 4.79. The molecule has 0 radical (unpaired) electrons. The van der Waals surface area contributed by atoms with E-state index in [1.54, 1.807) is 24.4 Å². The van der Waals surface area contributed by atoms with Gasteiger partial charge in [-0.15, -0.1) is 0 Å². The van der Waals surface area contributed by atoms with E-state index in [0.717, 1.165) is 17.8 Å². The number of hydrogen-bond acceptors (Lipinski definition) is 4. The normalized spacial score (nSPS) is 10.3. The molecule has 27 heavy (non-hydrogen) atoms. The molecule has 0 saturated carbocycles. The van der Waals surface area contributed by atoms with Crippen molar-refractivity contribution in [2.45, 2.75) is 20.3 Å². The van der Waals surface area contributed by atoms with E-state index >= 15 is 0 Å². The lowest BCUT2D eigenvalue weighted by atomic mass is 10.1. The van der Waals surface area contributed by atoms with Crippen molar-refractivity contribution in [2.75, 3.05) is 10.6 Å². The summed E-state index contributed by atoms with van der Waals surface area (Å²) in [5.74, 6) is -0.198. The Labute approximate surface area is 158 Å². The third-order valence-electron chi connectivity index (χ3n) is 4.20. The lowest BCUT2D eigenvalue weighted by Crippen LogP contribution is -2.12. The highest BCUT2D eigenvalue weighted by Gasteiger charge is 2.08. The molecule has 5 heteroatoms. The SMILES string of the molecule is CCc1ccc(NC(=O)c2cncc(Nc3ccc(C(C)=O)cc3)c2)cc1. The van der Waals surface area contributed by atoms with Crippen molar-refractivity contribution in [3.8, 4) is 0 Å². The predicted molar refractivity (Wildman–Crippen MR) is 108 cm³/mol. The van der Waals surface area contributed by atoms with E-state index in [2.05, 4.69) is 22.5 Å². The van der Waals surface area contributed by atoms with E-state index in [1.165, 1.54) is 18.7 Å². The van der Waals surface area contributed by atoms with E-state index < -0.39 is 0 Å². The number of nitrogens with zero attached hydrogens (tertiary/aromatic N) is 1. The van der Waals surface area contributed by atoms with Crippen molar-refractivity contribution in [3.05, 3.63) is 83.7 Å².